The Morgan fingerprint density at radius 2 is 2.07 bits per heavy atom. The zero-order valence-corrected chi connectivity index (χ0v) is 16.3. The molecule has 0 bridgehead atoms. The second-order valence-electron chi connectivity index (χ2n) is 6.88. The normalized spacial score (nSPS) is 16.0. The Hall–Kier alpha value is -2.64. The average molecular weight is 399 g/mol. The van der Waals surface area contributed by atoms with Gasteiger partial charge >= 0.3 is 5.63 Å². The number of amides is 1. The van der Waals surface area contributed by atoms with E-state index in [1.807, 2.05) is 11.4 Å². The van der Waals surface area contributed by atoms with Crippen molar-refractivity contribution in [2.75, 3.05) is 26.9 Å². The zero-order chi connectivity index (χ0) is 19.6. The number of methoxy groups -OCH3 is 1. The molecule has 3 aromatic rings. The number of carbonyl (C=O) groups is 1. The molecule has 1 N–H and O–H groups in total. The van der Waals surface area contributed by atoms with Gasteiger partial charge in [0.15, 0.2) is 11.3 Å². The fraction of sp³-hybridized carbons (Fsp3) is 0.333. The van der Waals surface area contributed by atoms with Crippen molar-refractivity contribution in [3.05, 3.63) is 62.6 Å². The van der Waals surface area contributed by atoms with E-state index >= 15 is 0 Å². The Balaban J connectivity index is 1.60. The summed E-state index contributed by atoms with van der Waals surface area (Å²) in [5, 5.41) is 5.64. The molecule has 1 aliphatic rings. The van der Waals surface area contributed by atoms with Gasteiger partial charge in [-0.1, -0.05) is 18.2 Å². The molecule has 146 valence electrons. The maximum absolute atomic E-state index is 12.8. The maximum atomic E-state index is 12.8. The molecule has 1 aromatic carbocycles. The fourth-order valence-electron chi connectivity index (χ4n) is 3.63. The van der Waals surface area contributed by atoms with Gasteiger partial charge in [-0.3, -0.25) is 4.79 Å². The number of carbonyl (C=O) groups excluding carboxylic acids is 1. The molecule has 1 saturated heterocycles. The third kappa shape index (κ3) is 3.43. The summed E-state index contributed by atoms with van der Waals surface area (Å²) in [4.78, 5) is 26.4. The van der Waals surface area contributed by atoms with Crippen LogP contribution in [0.15, 0.2) is 51.0 Å². The van der Waals surface area contributed by atoms with Crippen LogP contribution in [0.2, 0.25) is 0 Å². The van der Waals surface area contributed by atoms with Crippen LogP contribution in [0.5, 0.6) is 5.75 Å². The lowest BCUT2D eigenvalue weighted by Gasteiger charge is -2.36. The van der Waals surface area contributed by atoms with E-state index in [1.165, 1.54) is 12.0 Å². The van der Waals surface area contributed by atoms with Crippen molar-refractivity contribution < 1.29 is 18.7 Å². The first-order valence-electron chi connectivity index (χ1n) is 9.14. The summed E-state index contributed by atoms with van der Waals surface area (Å²) < 4.78 is 16.1. The monoisotopic (exact) mass is 399 g/mol. The van der Waals surface area contributed by atoms with Gasteiger partial charge in [-0.2, -0.15) is 0 Å². The highest BCUT2D eigenvalue weighted by atomic mass is 32.1. The molecular weight excluding hydrogens is 378 g/mol. The van der Waals surface area contributed by atoms with Crippen LogP contribution in [-0.2, 0) is 10.2 Å². The number of hydrogen-bond donors (Lipinski definition) is 1. The molecule has 7 heteroatoms. The minimum absolute atomic E-state index is 0.00542. The highest BCUT2D eigenvalue weighted by Gasteiger charge is 2.36. The highest BCUT2D eigenvalue weighted by molar-refractivity contribution is 7.10. The Kier molecular flexibility index (Phi) is 5.19. The lowest BCUT2D eigenvalue weighted by atomic mass is 9.78. The number of nitrogens with one attached hydrogen (secondary N) is 1. The van der Waals surface area contributed by atoms with Gasteiger partial charge in [0.25, 0.3) is 5.91 Å². The van der Waals surface area contributed by atoms with Crippen molar-refractivity contribution in [2.24, 2.45) is 0 Å². The molecular formula is C21H21NO5S. The maximum Gasteiger partial charge on any atom is 0.349 e. The number of para-hydroxylation sites is 1. The zero-order valence-electron chi connectivity index (χ0n) is 15.5. The number of benzene rings is 1. The smallest absolute Gasteiger partial charge is 0.349 e. The van der Waals surface area contributed by atoms with Gasteiger partial charge in [0.05, 0.1) is 7.11 Å². The summed E-state index contributed by atoms with van der Waals surface area (Å²) in [5.74, 6) is 0.0290. The second kappa shape index (κ2) is 7.77. The van der Waals surface area contributed by atoms with Crippen LogP contribution < -0.4 is 15.7 Å². The minimum atomic E-state index is -0.674. The summed E-state index contributed by atoms with van der Waals surface area (Å²) in [6.45, 7) is 1.77. The molecule has 1 fully saturated rings. The largest absolute Gasteiger partial charge is 0.493 e. The third-order valence-corrected chi connectivity index (χ3v) is 6.39. The Morgan fingerprint density at radius 1 is 1.25 bits per heavy atom. The minimum Gasteiger partial charge on any atom is -0.493 e. The number of rotatable bonds is 5. The van der Waals surface area contributed by atoms with Crippen LogP contribution in [0.3, 0.4) is 0 Å². The van der Waals surface area contributed by atoms with Crippen molar-refractivity contribution in [2.45, 2.75) is 18.3 Å². The first-order valence-corrected chi connectivity index (χ1v) is 10.0. The van der Waals surface area contributed by atoms with Crippen molar-refractivity contribution >= 4 is 28.2 Å². The predicted molar refractivity (Wildman–Crippen MR) is 107 cm³/mol. The van der Waals surface area contributed by atoms with E-state index in [2.05, 4.69) is 11.4 Å². The molecule has 0 unspecified atom stereocenters. The summed E-state index contributed by atoms with van der Waals surface area (Å²) in [7, 11) is 1.51. The van der Waals surface area contributed by atoms with Crippen molar-refractivity contribution in [1.29, 1.82) is 0 Å². The van der Waals surface area contributed by atoms with E-state index in [-0.39, 0.29) is 11.0 Å². The third-order valence-electron chi connectivity index (χ3n) is 5.27. The predicted octanol–water partition coefficient (Wildman–Crippen LogP) is 3.34. The Labute approximate surface area is 166 Å². The van der Waals surface area contributed by atoms with Crippen LogP contribution in [0, 0.1) is 0 Å². The molecule has 4 rings (SSSR count). The summed E-state index contributed by atoms with van der Waals surface area (Å²) in [5.41, 5.74) is -0.505. The number of ether oxygens (including phenoxy) is 2. The van der Waals surface area contributed by atoms with Crippen LogP contribution >= 0.6 is 11.3 Å². The van der Waals surface area contributed by atoms with Gasteiger partial charge in [-0.25, -0.2) is 4.79 Å². The van der Waals surface area contributed by atoms with Crippen LogP contribution in [0.4, 0.5) is 0 Å². The van der Waals surface area contributed by atoms with Gasteiger partial charge in [-0.15, -0.1) is 11.3 Å². The van der Waals surface area contributed by atoms with E-state index in [9.17, 15) is 9.59 Å². The Morgan fingerprint density at radius 3 is 2.79 bits per heavy atom. The highest BCUT2D eigenvalue weighted by Crippen LogP contribution is 2.37. The van der Waals surface area contributed by atoms with Gasteiger partial charge in [0, 0.05) is 35.4 Å². The quantitative estimate of drug-likeness (QED) is 0.666. The molecule has 3 heterocycles. The molecule has 0 radical (unpaired) electrons. The lowest BCUT2D eigenvalue weighted by molar-refractivity contribution is 0.0498. The van der Waals surface area contributed by atoms with Crippen LogP contribution in [0.1, 0.15) is 28.1 Å². The fourth-order valence-corrected chi connectivity index (χ4v) is 4.62. The van der Waals surface area contributed by atoms with E-state index in [4.69, 9.17) is 13.9 Å². The number of thiophene rings is 1. The standard InChI is InChI=1S/C21H21NO5S/c1-25-16-5-2-4-14-12-15(20(24)27-18(14)16)19(23)22-13-21(7-9-26-10-8-21)17-6-3-11-28-17/h2-6,11-12H,7-10,13H2,1H3,(H,22,23). The summed E-state index contributed by atoms with van der Waals surface area (Å²) in [6.07, 6.45) is 1.66. The number of hydrogen-bond acceptors (Lipinski definition) is 6. The molecule has 2 aromatic heterocycles. The molecule has 28 heavy (non-hydrogen) atoms. The molecule has 0 aliphatic carbocycles. The van der Waals surface area contributed by atoms with E-state index < -0.39 is 11.5 Å². The van der Waals surface area contributed by atoms with E-state index in [0.29, 0.717) is 36.5 Å². The molecule has 0 atom stereocenters. The second-order valence-corrected chi connectivity index (χ2v) is 7.83. The molecule has 1 amide bonds. The van der Waals surface area contributed by atoms with Crippen LogP contribution in [0.25, 0.3) is 11.0 Å². The van der Waals surface area contributed by atoms with Crippen molar-refractivity contribution in [3.63, 3.8) is 0 Å². The van der Waals surface area contributed by atoms with Crippen molar-refractivity contribution in [3.8, 4) is 5.75 Å². The molecule has 1 aliphatic heterocycles. The number of fused-ring (bicyclic) bond motifs is 1. The SMILES string of the molecule is COc1cccc2cc(C(=O)NCC3(c4cccs4)CCOCC3)c(=O)oc12. The van der Waals surface area contributed by atoms with Crippen molar-refractivity contribution in [1.82, 2.24) is 5.32 Å². The first-order chi connectivity index (χ1) is 13.6. The lowest BCUT2D eigenvalue weighted by Crippen LogP contribution is -2.44. The van der Waals surface area contributed by atoms with Gasteiger partial charge in [0.1, 0.15) is 5.56 Å². The summed E-state index contributed by atoms with van der Waals surface area (Å²) >= 11 is 1.68. The first kappa shape index (κ1) is 18.7. The Bertz CT molecular complexity index is 1030. The van der Waals surface area contributed by atoms with Gasteiger partial charge < -0.3 is 19.2 Å². The van der Waals surface area contributed by atoms with E-state index in [0.717, 1.165) is 12.8 Å². The average Bonchev–Trinajstić information content (AvgIpc) is 3.27. The van der Waals surface area contributed by atoms with Crippen LogP contribution in [-0.4, -0.2) is 32.8 Å². The molecule has 0 spiro atoms. The topological polar surface area (TPSA) is 77.8 Å². The van der Waals surface area contributed by atoms with E-state index in [1.54, 1.807) is 35.6 Å². The molecule has 6 nitrogen and oxygen atoms in total. The molecule has 0 saturated carbocycles. The van der Waals surface area contributed by atoms with Gasteiger partial charge in [0.2, 0.25) is 0 Å². The summed E-state index contributed by atoms with van der Waals surface area (Å²) in [6, 6.07) is 10.9. The van der Waals surface area contributed by atoms with Gasteiger partial charge in [-0.05, 0) is 36.4 Å².